The summed E-state index contributed by atoms with van der Waals surface area (Å²) in [5, 5.41) is 8.79. The quantitative estimate of drug-likeness (QED) is 0.893. The summed E-state index contributed by atoms with van der Waals surface area (Å²) < 4.78 is 1.77. The molecule has 1 saturated carbocycles. The van der Waals surface area contributed by atoms with Crippen LogP contribution in [-0.4, -0.2) is 39.2 Å². The fourth-order valence-corrected chi connectivity index (χ4v) is 3.50. The van der Waals surface area contributed by atoms with Crippen molar-refractivity contribution in [2.24, 2.45) is 4.99 Å². The van der Waals surface area contributed by atoms with Crippen LogP contribution in [0.2, 0.25) is 5.02 Å². The van der Waals surface area contributed by atoms with E-state index in [2.05, 4.69) is 15.3 Å². The molecule has 120 valence electrons. The van der Waals surface area contributed by atoms with Crippen LogP contribution in [0.3, 0.4) is 0 Å². The minimum absolute atomic E-state index is 0.0951. The number of amides is 1. The number of nitrogens with zero attached hydrogens (tertiary/aromatic N) is 5. The van der Waals surface area contributed by atoms with E-state index in [0.717, 1.165) is 34.9 Å². The molecular weight excluding hydrogens is 328 g/mol. The standard InChI is InChI=1S/C16H13ClN6O/c1-21-15-14(23-13(7-19-20-23)9-2-3-9)18-8-22(15)12-5-4-10(17)6-11(12)16(21)24/h4-9H,2-3H2,1H3/p+1. The highest BCUT2D eigenvalue weighted by molar-refractivity contribution is 6.31. The summed E-state index contributed by atoms with van der Waals surface area (Å²) in [4.78, 5) is 19.9. The summed E-state index contributed by atoms with van der Waals surface area (Å²) in [6.07, 6.45) is 5.87. The fraction of sp³-hybridized carbons (Fsp3) is 0.250. The number of rotatable bonds is 2. The molecule has 0 bridgehead atoms. The van der Waals surface area contributed by atoms with Gasteiger partial charge in [-0.05, 0) is 25.0 Å². The Labute approximate surface area is 142 Å². The second-order valence-electron chi connectivity index (χ2n) is 6.24. The zero-order valence-electron chi connectivity index (χ0n) is 12.9. The number of hydrogen-bond donors (Lipinski definition) is 1. The lowest BCUT2D eigenvalue weighted by Crippen LogP contribution is -3.06. The molecule has 7 nitrogen and oxygen atoms in total. The first-order chi connectivity index (χ1) is 11.6. The Morgan fingerprint density at radius 1 is 1.33 bits per heavy atom. The van der Waals surface area contributed by atoms with Crippen LogP contribution in [0.1, 0.15) is 34.8 Å². The van der Waals surface area contributed by atoms with Gasteiger partial charge in [0.1, 0.15) is 5.56 Å². The van der Waals surface area contributed by atoms with E-state index in [1.807, 2.05) is 6.07 Å². The van der Waals surface area contributed by atoms with Crippen LogP contribution in [0, 0.1) is 0 Å². The van der Waals surface area contributed by atoms with Crippen LogP contribution < -0.4 is 4.90 Å². The maximum atomic E-state index is 12.8. The third-order valence-corrected chi connectivity index (χ3v) is 4.93. The Hall–Kier alpha value is -2.51. The molecule has 1 aromatic heterocycles. The van der Waals surface area contributed by atoms with Gasteiger partial charge >= 0.3 is 0 Å². The molecule has 1 aromatic carbocycles. The molecule has 3 aliphatic rings. The SMILES string of the molecule is CN1C(=O)c2cc(Cl)ccc2[NH+]2C=NC(n3nncc3C3CC3)=C12. The molecule has 1 aliphatic carbocycles. The third-order valence-electron chi connectivity index (χ3n) is 4.70. The summed E-state index contributed by atoms with van der Waals surface area (Å²) in [6.45, 7) is 0. The van der Waals surface area contributed by atoms with Crippen molar-refractivity contribution in [1.82, 2.24) is 19.9 Å². The van der Waals surface area contributed by atoms with Gasteiger partial charge in [-0.3, -0.25) is 9.69 Å². The maximum absolute atomic E-state index is 12.8. The van der Waals surface area contributed by atoms with E-state index in [-0.39, 0.29) is 5.91 Å². The Bertz CT molecular complexity index is 942. The number of fused-ring (bicyclic) bond motifs is 3. The van der Waals surface area contributed by atoms with Gasteiger partial charge in [0.05, 0.1) is 11.9 Å². The number of benzene rings is 1. The minimum atomic E-state index is -0.0951. The molecule has 8 heteroatoms. The first-order valence-corrected chi connectivity index (χ1v) is 8.17. The Morgan fingerprint density at radius 2 is 2.17 bits per heavy atom. The van der Waals surface area contributed by atoms with Crippen LogP contribution in [0.25, 0.3) is 5.82 Å². The van der Waals surface area contributed by atoms with Crippen molar-refractivity contribution in [2.75, 3.05) is 7.05 Å². The van der Waals surface area contributed by atoms with E-state index >= 15 is 0 Å². The van der Waals surface area contributed by atoms with E-state index < -0.39 is 0 Å². The number of halogens is 1. The van der Waals surface area contributed by atoms with Crippen molar-refractivity contribution >= 4 is 35.4 Å². The highest BCUT2D eigenvalue weighted by Gasteiger charge is 2.43. The second-order valence-corrected chi connectivity index (χ2v) is 6.68. The molecule has 0 radical (unpaired) electrons. The highest BCUT2D eigenvalue weighted by atomic mass is 35.5. The molecule has 1 atom stereocenters. The van der Waals surface area contributed by atoms with E-state index in [1.54, 1.807) is 41.3 Å². The maximum Gasteiger partial charge on any atom is 0.268 e. The molecule has 1 amide bonds. The molecule has 24 heavy (non-hydrogen) atoms. The summed E-state index contributed by atoms with van der Waals surface area (Å²) in [5.41, 5.74) is 2.50. The van der Waals surface area contributed by atoms with Gasteiger partial charge in [0.25, 0.3) is 11.7 Å². The van der Waals surface area contributed by atoms with Crippen molar-refractivity contribution in [1.29, 1.82) is 0 Å². The van der Waals surface area contributed by atoms with Crippen LogP contribution >= 0.6 is 11.6 Å². The number of carbonyl (C=O) groups is 1. The molecule has 0 spiro atoms. The van der Waals surface area contributed by atoms with E-state index in [1.165, 1.54) is 0 Å². The minimum Gasteiger partial charge on any atom is -0.268 e. The van der Waals surface area contributed by atoms with Crippen molar-refractivity contribution < 1.29 is 9.69 Å². The van der Waals surface area contributed by atoms with Gasteiger partial charge in [-0.2, -0.15) is 9.67 Å². The smallest absolute Gasteiger partial charge is 0.268 e. The Balaban J connectivity index is 1.70. The average molecular weight is 342 g/mol. The van der Waals surface area contributed by atoms with Crippen molar-refractivity contribution in [3.05, 3.63) is 46.5 Å². The number of carbonyl (C=O) groups excluding carboxylic acids is 1. The van der Waals surface area contributed by atoms with Crippen molar-refractivity contribution in [3.8, 4) is 0 Å². The third kappa shape index (κ3) is 1.82. The number of aliphatic imine (C=N–C) groups is 1. The fourth-order valence-electron chi connectivity index (χ4n) is 3.33. The first-order valence-electron chi connectivity index (χ1n) is 7.80. The van der Waals surface area contributed by atoms with Gasteiger partial charge in [-0.25, -0.2) is 4.90 Å². The number of hydrogen-bond acceptors (Lipinski definition) is 4. The molecule has 1 fully saturated rings. The average Bonchev–Trinajstić information content (AvgIpc) is 3.14. The largest absolute Gasteiger partial charge is 0.268 e. The van der Waals surface area contributed by atoms with Crippen molar-refractivity contribution in [2.45, 2.75) is 18.8 Å². The second kappa shape index (κ2) is 4.75. The predicted octanol–water partition coefficient (Wildman–Crippen LogP) is 1.24. The lowest BCUT2D eigenvalue weighted by Gasteiger charge is -2.28. The van der Waals surface area contributed by atoms with Crippen LogP contribution in [0.15, 0.2) is 35.2 Å². The summed E-state index contributed by atoms with van der Waals surface area (Å²) >= 11 is 6.06. The van der Waals surface area contributed by atoms with E-state index in [9.17, 15) is 4.79 Å². The van der Waals surface area contributed by atoms with Gasteiger partial charge < -0.3 is 0 Å². The summed E-state index contributed by atoms with van der Waals surface area (Å²) in [5.74, 6) is 1.81. The zero-order chi connectivity index (χ0) is 16.4. The topological polar surface area (TPSA) is 67.8 Å². The molecule has 5 rings (SSSR count). The molecular formula is C16H14ClN6O+. The predicted molar refractivity (Wildman–Crippen MR) is 87.9 cm³/mol. The highest BCUT2D eigenvalue weighted by Crippen LogP contribution is 2.40. The molecule has 2 aliphatic heterocycles. The monoisotopic (exact) mass is 341 g/mol. The number of nitrogens with one attached hydrogen (secondary N) is 1. The summed E-state index contributed by atoms with van der Waals surface area (Å²) in [7, 11) is 1.75. The molecule has 1 unspecified atom stereocenters. The molecule has 3 heterocycles. The van der Waals surface area contributed by atoms with Crippen LogP contribution in [0.5, 0.6) is 0 Å². The van der Waals surface area contributed by atoms with Gasteiger partial charge in [-0.15, -0.1) is 5.10 Å². The van der Waals surface area contributed by atoms with Gasteiger partial charge in [0.2, 0.25) is 12.2 Å². The normalized spacial score (nSPS) is 22.2. The van der Waals surface area contributed by atoms with E-state index in [0.29, 0.717) is 22.3 Å². The van der Waals surface area contributed by atoms with Gasteiger partial charge in [0, 0.05) is 24.1 Å². The Morgan fingerprint density at radius 3 is 2.96 bits per heavy atom. The van der Waals surface area contributed by atoms with Gasteiger partial charge in [0.15, 0.2) is 5.69 Å². The van der Waals surface area contributed by atoms with Crippen LogP contribution in [-0.2, 0) is 0 Å². The lowest BCUT2D eigenvalue weighted by atomic mass is 10.1. The number of aromatic nitrogens is 3. The summed E-state index contributed by atoms with van der Waals surface area (Å²) in [6, 6.07) is 5.37. The first kappa shape index (κ1) is 13.9. The molecule has 2 aromatic rings. The zero-order valence-corrected chi connectivity index (χ0v) is 13.7. The van der Waals surface area contributed by atoms with Gasteiger partial charge in [-0.1, -0.05) is 16.8 Å². The number of quaternary nitrogens is 1. The Kier molecular flexibility index (Phi) is 2.75. The van der Waals surface area contributed by atoms with Crippen LogP contribution in [0.4, 0.5) is 5.69 Å². The molecule has 0 saturated heterocycles. The molecule has 1 N–H and O–H groups in total. The van der Waals surface area contributed by atoms with Crippen molar-refractivity contribution in [3.63, 3.8) is 0 Å². The van der Waals surface area contributed by atoms with E-state index in [4.69, 9.17) is 11.6 Å². The lowest BCUT2D eigenvalue weighted by molar-refractivity contribution is -0.685.